The summed E-state index contributed by atoms with van der Waals surface area (Å²) in [7, 11) is -1.81. The summed E-state index contributed by atoms with van der Waals surface area (Å²) < 4.78 is 29.4. The molecule has 25 heavy (non-hydrogen) atoms. The fourth-order valence-corrected chi connectivity index (χ4v) is 2.51. The van der Waals surface area contributed by atoms with E-state index in [1.165, 1.54) is 23.5 Å². The van der Waals surface area contributed by atoms with E-state index in [0.29, 0.717) is 23.1 Å². The first kappa shape index (κ1) is 19.2. The molecule has 0 atom stereocenters. The van der Waals surface area contributed by atoms with Crippen LogP contribution in [0.5, 0.6) is 0 Å². The maximum Gasteiger partial charge on any atom is 0.244 e. The van der Waals surface area contributed by atoms with Crippen molar-refractivity contribution in [1.82, 2.24) is 9.62 Å². The minimum atomic E-state index is -3.27. The standard InChI is InChI=1S/C17H19ClN2O4S/c1-20(25(2,22)23)12-15-8-7-14(24-15)9-10-17(21)19-11-13-5-3-4-6-16(13)18/h3-10H,11-12H2,1-2H3,(H,19,21)/b10-9+. The summed E-state index contributed by atoms with van der Waals surface area (Å²) in [4.78, 5) is 11.8. The predicted octanol–water partition coefficient (Wildman–Crippen LogP) is 2.65. The third kappa shape index (κ3) is 6.04. The molecule has 1 amide bonds. The summed E-state index contributed by atoms with van der Waals surface area (Å²) in [5, 5.41) is 3.32. The van der Waals surface area contributed by atoms with Crippen LogP contribution in [0.4, 0.5) is 0 Å². The van der Waals surface area contributed by atoms with E-state index < -0.39 is 10.0 Å². The number of sulfonamides is 1. The van der Waals surface area contributed by atoms with Crippen LogP contribution in [-0.4, -0.2) is 31.9 Å². The van der Waals surface area contributed by atoms with Gasteiger partial charge in [-0.05, 0) is 29.8 Å². The van der Waals surface area contributed by atoms with E-state index in [0.717, 1.165) is 11.8 Å². The van der Waals surface area contributed by atoms with Gasteiger partial charge in [0.15, 0.2) is 0 Å². The Kier molecular flexibility index (Phi) is 6.41. The summed E-state index contributed by atoms with van der Waals surface area (Å²) in [6, 6.07) is 10.6. The average Bonchev–Trinajstić information content (AvgIpc) is 2.99. The van der Waals surface area contributed by atoms with E-state index in [1.807, 2.05) is 18.2 Å². The maximum atomic E-state index is 11.8. The molecule has 1 aromatic heterocycles. The molecule has 134 valence electrons. The van der Waals surface area contributed by atoms with Gasteiger partial charge in [0.25, 0.3) is 0 Å². The van der Waals surface area contributed by atoms with Crippen LogP contribution in [0.15, 0.2) is 46.9 Å². The number of amides is 1. The second-order valence-corrected chi connectivity index (χ2v) is 7.96. The molecule has 8 heteroatoms. The van der Waals surface area contributed by atoms with Gasteiger partial charge in [0.05, 0.1) is 12.8 Å². The Balaban J connectivity index is 1.89. The Hall–Kier alpha value is -2.09. The third-order valence-corrected chi connectivity index (χ3v) is 5.07. The number of halogens is 1. The molecule has 0 spiro atoms. The van der Waals surface area contributed by atoms with E-state index in [4.69, 9.17) is 16.0 Å². The number of carbonyl (C=O) groups is 1. The zero-order chi connectivity index (χ0) is 18.4. The highest BCUT2D eigenvalue weighted by Gasteiger charge is 2.13. The highest BCUT2D eigenvalue weighted by molar-refractivity contribution is 7.88. The van der Waals surface area contributed by atoms with Gasteiger partial charge >= 0.3 is 0 Å². The van der Waals surface area contributed by atoms with Crippen LogP contribution >= 0.6 is 11.6 Å². The second kappa shape index (κ2) is 8.33. The lowest BCUT2D eigenvalue weighted by Gasteiger charge is -2.11. The number of furan rings is 1. The van der Waals surface area contributed by atoms with Crippen molar-refractivity contribution in [3.63, 3.8) is 0 Å². The van der Waals surface area contributed by atoms with Crippen LogP contribution in [0, 0.1) is 0 Å². The lowest BCUT2D eigenvalue weighted by atomic mass is 10.2. The van der Waals surface area contributed by atoms with Crippen LogP contribution in [0.3, 0.4) is 0 Å². The first-order valence-corrected chi connectivity index (χ1v) is 9.67. The van der Waals surface area contributed by atoms with Crippen LogP contribution in [-0.2, 0) is 27.9 Å². The van der Waals surface area contributed by atoms with E-state index in [-0.39, 0.29) is 12.5 Å². The monoisotopic (exact) mass is 382 g/mol. The first-order valence-electron chi connectivity index (χ1n) is 7.45. The van der Waals surface area contributed by atoms with E-state index in [2.05, 4.69) is 5.32 Å². The molecule has 0 aliphatic heterocycles. The summed E-state index contributed by atoms with van der Waals surface area (Å²) in [6.07, 6.45) is 3.99. The normalized spacial score (nSPS) is 12.0. The molecule has 1 aromatic carbocycles. The molecule has 0 bridgehead atoms. The molecule has 0 radical (unpaired) electrons. The highest BCUT2D eigenvalue weighted by Crippen LogP contribution is 2.15. The average molecular weight is 383 g/mol. The summed E-state index contributed by atoms with van der Waals surface area (Å²) in [5.41, 5.74) is 0.829. The molecular formula is C17H19ClN2O4S. The Morgan fingerprint density at radius 2 is 2.00 bits per heavy atom. The molecule has 0 saturated heterocycles. The quantitative estimate of drug-likeness (QED) is 0.746. The van der Waals surface area contributed by atoms with Gasteiger partial charge in [0, 0.05) is 24.7 Å². The smallest absolute Gasteiger partial charge is 0.244 e. The summed E-state index contributed by atoms with van der Waals surface area (Å²) in [6.45, 7) is 0.455. The first-order chi connectivity index (χ1) is 11.8. The van der Waals surface area contributed by atoms with Crippen LogP contribution in [0.25, 0.3) is 6.08 Å². The van der Waals surface area contributed by atoms with Gasteiger partial charge in [-0.1, -0.05) is 29.8 Å². The number of nitrogens with zero attached hydrogens (tertiary/aromatic N) is 1. The van der Waals surface area contributed by atoms with Crippen molar-refractivity contribution in [3.8, 4) is 0 Å². The predicted molar refractivity (Wildman–Crippen MR) is 97.4 cm³/mol. The largest absolute Gasteiger partial charge is 0.460 e. The van der Waals surface area contributed by atoms with Crippen molar-refractivity contribution in [2.24, 2.45) is 0 Å². The Bertz CT molecular complexity index is 874. The van der Waals surface area contributed by atoms with Gasteiger partial charge in [-0.2, -0.15) is 4.31 Å². The molecule has 1 N–H and O–H groups in total. The Morgan fingerprint density at radius 1 is 1.28 bits per heavy atom. The fraction of sp³-hybridized carbons (Fsp3) is 0.235. The summed E-state index contributed by atoms with van der Waals surface area (Å²) in [5.74, 6) is 0.667. The van der Waals surface area contributed by atoms with Gasteiger partial charge in [-0.3, -0.25) is 4.79 Å². The van der Waals surface area contributed by atoms with Crippen LogP contribution in [0.2, 0.25) is 5.02 Å². The molecule has 2 aromatic rings. The maximum absolute atomic E-state index is 11.8. The minimum Gasteiger partial charge on any atom is -0.460 e. The van der Waals surface area contributed by atoms with Crippen LogP contribution in [0.1, 0.15) is 17.1 Å². The molecule has 0 saturated carbocycles. The van der Waals surface area contributed by atoms with Crippen molar-refractivity contribution in [3.05, 3.63) is 64.6 Å². The molecule has 0 fully saturated rings. The second-order valence-electron chi connectivity index (χ2n) is 5.47. The highest BCUT2D eigenvalue weighted by atomic mass is 35.5. The number of carbonyl (C=O) groups excluding carboxylic acids is 1. The van der Waals surface area contributed by atoms with Crippen LogP contribution < -0.4 is 5.32 Å². The zero-order valence-electron chi connectivity index (χ0n) is 13.9. The van der Waals surface area contributed by atoms with E-state index in [9.17, 15) is 13.2 Å². The third-order valence-electron chi connectivity index (χ3n) is 3.44. The van der Waals surface area contributed by atoms with E-state index >= 15 is 0 Å². The number of hydrogen-bond donors (Lipinski definition) is 1. The molecule has 0 unspecified atom stereocenters. The zero-order valence-corrected chi connectivity index (χ0v) is 15.5. The van der Waals surface area contributed by atoms with Crippen molar-refractivity contribution >= 4 is 33.6 Å². The molecule has 0 aliphatic carbocycles. The van der Waals surface area contributed by atoms with Crippen molar-refractivity contribution in [2.75, 3.05) is 13.3 Å². The number of benzene rings is 1. The molecule has 1 heterocycles. The van der Waals surface area contributed by atoms with Gasteiger partial charge in [-0.15, -0.1) is 0 Å². The number of rotatable bonds is 7. The lowest BCUT2D eigenvalue weighted by Crippen LogP contribution is -2.24. The van der Waals surface area contributed by atoms with Gasteiger partial charge in [0.1, 0.15) is 11.5 Å². The lowest BCUT2D eigenvalue weighted by molar-refractivity contribution is -0.116. The van der Waals surface area contributed by atoms with E-state index in [1.54, 1.807) is 18.2 Å². The number of nitrogens with one attached hydrogen (secondary N) is 1. The molecule has 0 aliphatic rings. The SMILES string of the molecule is CN(Cc1ccc(/C=C/C(=O)NCc2ccccc2Cl)o1)S(C)(=O)=O. The van der Waals surface area contributed by atoms with Crippen molar-refractivity contribution in [1.29, 1.82) is 0 Å². The van der Waals surface area contributed by atoms with Gasteiger partial charge in [0.2, 0.25) is 15.9 Å². The summed E-state index contributed by atoms with van der Waals surface area (Å²) >= 11 is 6.03. The number of hydrogen-bond acceptors (Lipinski definition) is 4. The molecule has 6 nitrogen and oxygen atoms in total. The van der Waals surface area contributed by atoms with Crippen molar-refractivity contribution < 1.29 is 17.6 Å². The van der Waals surface area contributed by atoms with Crippen molar-refractivity contribution in [2.45, 2.75) is 13.1 Å². The molecular weight excluding hydrogens is 364 g/mol. The van der Waals surface area contributed by atoms with Gasteiger partial charge in [-0.25, -0.2) is 8.42 Å². The van der Waals surface area contributed by atoms with Gasteiger partial charge < -0.3 is 9.73 Å². The minimum absolute atomic E-state index is 0.130. The molecule has 2 rings (SSSR count). The topological polar surface area (TPSA) is 79.6 Å². The Labute approximate surface area is 152 Å². The fourth-order valence-electron chi connectivity index (χ4n) is 1.95. The Morgan fingerprint density at radius 3 is 2.68 bits per heavy atom.